The summed E-state index contributed by atoms with van der Waals surface area (Å²) >= 11 is 2.25. The van der Waals surface area contributed by atoms with Gasteiger partial charge in [0.1, 0.15) is 11.8 Å². The highest BCUT2D eigenvalue weighted by Crippen LogP contribution is 2.46. The smallest absolute Gasteiger partial charge is 0.296 e. The number of aromatic nitrogens is 2. The van der Waals surface area contributed by atoms with Crippen LogP contribution in [0.25, 0.3) is 0 Å². The Kier molecular flexibility index (Phi) is 5.89. The van der Waals surface area contributed by atoms with Gasteiger partial charge in [-0.1, -0.05) is 29.5 Å². The van der Waals surface area contributed by atoms with Crippen LogP contribution in [0.4, 0.5) is 5.13 Å². The number of aliphatic hydroxyl groups excluding tert-OH is 1. The van der Waals surface area contributed by atoms with Crippen molar-refractivity contribution in [3.05, 3.63) is 67.3 Å². The van der Waals surface area contributed by atoms with Crippen LogP contribution in [-0.4, -0.2) is 39.7 Å². The number of rotatable bonds is 6. The maximum absolute atomic E-state index is 13.6. The van der Waals surface area contributed by atoms with Gasteiger partial charge in [0.05, 0.1) is 38.8 Å². The summed E-state index contributed by atoms with van der Waals surface area (Å²) in [6.45, 7) is 6.60. The van der Waals surface area contributed by atoms with E-state index >= 15 is 0 Å². The van der Waals surface area contributed by atoms with Gasteiger partial charge in [-0.15, -0.1) is 11.3 Å². The monoisotopic (exact) mass is 483 g/mol. The van der Waals surface area contributed by atoms with Crippen molar-refractivity contribution < 1.29 is 24.2 Å². The molecule has 1 N–H and O–H groups in total. The molecule has 0 spiro atoms. The van der Waals surface area contributed by atoms with Crippen LogP contribution in [-0.2, 0) is 4.79 Å². The molecule has 0 saturated carbocycles. The number of hydrogen-bond donors (Lipinski definition) is 1. The second-order valence-corrected chi connectivity index (χ2v) is 9.71. The number of para-hydroxylation sites is 1. The van der Waals surface area contributed by atoms with Gasteiger partial charge in [-0.3, -0.25) is 19.3 Å². The minimum atomic E-state index is -0.992. The van der Waals surface area contributed by atoms with Gasteiger partial charge >= 0.3 is 0 Å². The molecule has 4 rings (SSSR count). The summed E-state index contributed by atoms with van der Waals surface area (Å²) in [5.74, 6) is -1.64. The molecule has 1 aliphatic heterocycles. The van der Waals surface area contributed by atoms with Crippen molar-refractivity contribution in [2.24, 2.45) is 0 Å². The highest BCUT2D eigenvalue weighted by Gasteiger charge is 2.47. The molecule has 3 aromatic rings. The first-order valence-electron chi connectivity index (χ1n) is 10.0. The average Bonchev–Trinajstić information content (AvgIpc) is 3.40. The number of nitrogens with zero attached hydrogens (tertiary/aromatic N) is 3. The van der Waals surface area contributed by atoms with Crippen LogP contribution in [0, 0.1) is 20.8 Å². The number of amides is 1. The summed E-state index contributed by atoms with van der Waals surface area (Å²) in [7, 11) is 1.49. The second kappa shape index (κ2) is 8.53. The van der Waals surface area contributed by atoms with E-state index in [1.807, 2.05) is 0 Å². The zero-order chi connectivity index (χ0) is 24.0. The lowest BCUT2D eigenvalue weighted by molar-refractivity contribution is -0.117. The first-order valence-corrected chi connectivity index (χ1v) is 11.7. The molecule has 1 unspecified atom stereocenters. The quantitative estimate of drug-likeness (QED) is 0.513. The van der Waals surface area contributed by atoms with Crippen LogP contribution in [0.15, 0.2) is 35.6 Å². The Morgan fingerprint density at radius 3 is 2.30 bits per heavy atom. The van der Waals surface area contributed by atoms with Gasteiger partial charge in [0.25, 0.3) is 5.91 Å². The third kappa shape index (κ3) is 3.75. The Hall–Kier alpha value is -3.37. The second-order valence-electron chi connectivity index (χ2n) is 7.53. The first-order chi connectivity index (χ1) is 15.6. The van der Waals surface area contributed by atoms with E-state index in [0.29, 0.717) is 37.5 Å². The van der Waals surface area contributed by atoms with Crippen molar-refractivity contribution in [1.29, 1.82) is 0 Å². The third-order valence-electron chi connectivity index (χ3n) is 5.31. The van der Waals surface area contributed by atoms with Crippen molar-refractivity contribution in [1.82, 2.24) is 9.97 Å². The van der Waals surface area contributed by atoms with Crippen LogP contribution in [0.2, 0.25) is 0 Å². The molecule has 0 bridgehead atoms. The molecule has 1 atom stereocenters. The predicted molar refractivity (Wildman–Crippen MR) is 126 cm³/mol. The van der Waals surface area contributed by atoms with Gasteiger partial charge in [0, 0.05) is 12.5 Å². The lowest BCUT2D eigenvalue weighted by atomic mass is 9.94. The zero-order valence-corrected chi connectivity index (χ0v) is 20.3. The van der Waals surface area contributed by atoms with Crippen LogP contribution >= 0.6 is 22.7 Å². The van der Waals surface area contributed by atoms with Crippen LogP contribution < -0.4 is 9.64 Å². The minimum absolute atomic E-state index is 0.0755. The number of aryl methyl sites for hydroxylation is 3. The van der Waals surface area contributed by atoms with Crippen molar-refractivity contribution in [3.8, 4) is 5.75 Å². The Morgan fingerprint density at radius 2 is 1.73 bits per heavy atom. The van der Waals surface area contributed by atoms with E-state index in [2.05, 4.69) is 9.97 Å². The summed E-state index contributed by atoms with van der Waals surface area (Å²) in [6, 6.07) is 5.98. The van der Waals surface area contributed by atoms with Gasteiger partial charge in [-0.25, -0.2) is 9.97 Å². The highest BCUT2D eigenvalue weighted by molar-refractivity contribution is 7.17. The number of anilines is 1. The minimum Gasteiger partial charge on any atom is -0.503 e. The molecular formula is C23H21N3O5S2. The van der Waals surface area contributed by atoms with Gasteiger partial charge < -0.3 is 9.84 Å². The summed E-state index contributed by atoms with van der Waals surface area (Å²) in [6.07, 6.45) is 0. The maximum Gasteiger partial charge on any atom is 0.296 e. The molecule has 0 saturated heterocycles. The molecule has 170 valence electrons. The molecule has 10 heteroatoms. The molecule has 1 aliphatic rings. The lowest BCUT2D eigenvalue weighted by Gasteiger charge is -2.25. The molecule has 1 aromatic carbocycles. The fraction of sp³-hybridized carbons (Fsp3) is 0.261. The van der Waals surface area contributed by atoms with E-state index in [9.17, 15) is 19.5 Å². The number of hydrogen-bond acceptors (Lipinski definition) is 9. The van der Waals surface area contributed by atoms with E-state index in [4.69, 9.17) is 4.74 Å². The van der Waals surface area contributed by atoms with Crippen LogP contribution in [0.5, 0.6) is 5.75 Å². The number of Topliss-reactive ketones (excluding diaryl/α,β-unsaturated/α-hetero) is 2. The fourth-order valence-corrected chi connectivity index (χ4v) is 5.76. The normalized spacial score (nSPS) is 16.0. The molecular weight excluding hydrogens is 462 g/mol. The Bertz CT molecular complexity index is 1340. The summed E-state index contributed by atoms with van der Waals surface area (Å²) < 4.78 is 5.51. The number of carbonyl (C=O) groups is 3. The van der Waals surface area contributed by atoms with E-state index in [1.165, 1.54) is 30.3 Å². The Labute approximate surface area is 198 Å². The maximum atomic E-state index is 13.6. The fourth-order valence-electron chi connectivity index (χ4n) is 3.90. The standard InChI is InChI=1S/C23H21N3O5S2/c1-10-20(12(3)27)33-23(25-10)26-17(14-8-6-7-9-15(14)31-5)16(19(29)22(26)30)18(28)21-11(2)24-13(4)32-21/h6-9,17,29H,1-5H3. The molecule has 2 aromatic heterocycles. The van der Waals surface area contributed by atoms with Crippen molar-refractivity contribution in [3.63, 3.8) is 0 Å². The number of thiazole rings is 2. The van der Waals surface area contributed by atoms with E-state index in [1.54, 1.807) is 45.0 Å². The van der Waals surface area contributed by atoms with E-state index in [0.717, 1.165) is 11.3 Å². The van der Waals surface area contributed by atoms with Crippen molar-refractivity contribution >= 4 is 45.3 Å². The molecule has 0 fully saturated rings. The molecule has 3 heterocycles. The average molecular weight is 484 g/mol. The molecule has 8 nitrogen and oxygen atoms in total. The summed E-state index contributed by atoms with van der Waals surface area (Å²) in [4.78, 5) is 49.7. The molecule has 0 radical (unpaired) electrons. The topological polar surface area (TPSA) is 110 Å². The molecule has 33 heavy (non-hydrogen) atoms. The SMILES string of the molecule is COc1ccccc1C1C(C(=O)c2sc(C)nc2C)=C(O)C(=O)N1c1nc(C)c(C(C)=O)s1. The third-order valence-corrected chi connectivity index (χ3v) is 7.64. The number of methoxy groups -OCH3 is 1. The number of benzene rings is 1. The van der Waals surface area contributed by atoms with E-state index < -0.39 is 23.5 Å². The largest absolute Gasteiger partial charge is 0.503 e. The van der Waals surface area contributed by atoms with Gasteiger partial charge in [0.15, 0.2) is 16.7 Å². The van der Waals surface area contributed by atoms with Crippen molar-refractivity contribution in [2.75, 3.05) is 12.0 Å². The number of aliphatic hydroxyl groups is 1. The number of carbonyl (C=O) groups excluding carboxylic acids is 3. The number of ketones is 2. The van der Waals surface area contributed by atoms with Gasteiger partial charge in [-0.05, 0) is 26.8 Å². The van der Waals surface area contributed by atoms with Crippen molar-refractivity contribution in [2.45, 2.75) is 33.7 Å². The molecule has 0 aliphatic carbocycles. The van der Waals surface area contributed by atoms with Crippen LogP contribution in [0.3, 0.4) is 0 Å². The highest BCUT2D eigenvalue weighted by atomic mass is 32.1. The Morgan fingerprint density at radius 1 is 1.06 bits per heavy atom. The number of ether oxygens (including phenoxy) is 1. The zero-order valence-electron chi connectivity index (χ0n) is 18.6. The van der Waals surface area contributed by atoms with Gasteiger partial charge in [-0.2, -0.15) is 0 Å². The Balaban J connectivity index is 1.94. The summed E-state index contributed by atoms with van der Waals surface area (Å²) in [5.41, 5.74) is 1.43. The lowest BCUT2D eigenvalue weighted by Crippen LogP contribution is -2.31. The van der Waals surface area contributed by atoms with Crippen LogP contribution in [0.1, 0.15) is 54.3 Å². The first kappa shape index (κ1) is 22.8. The van der Waals surface area contributed by atoms with E-state index in [-0.39, 0.29) is 16.5 Å². The predicted octanol–water partition coefficient (Wildman–Crippen LogP) is 4.52. The summed E-state index contributed by atoms with van der Waals surface area (Å²) in [5, 5.41) is 11.8. The molecule has 1 amide bonds. The van der Waals surface area contributed by atoms with Gasteiger partial charge in [0.2, 0.25) is 5.78 Å².